The molecule has 0 aliphatic carbocycles. The van der Waals surface area contributed by atoms with E-state index in [0.29, 0.717) is 50.8 Å². The predicted octanol–water partition coefficient (Wildman–Crippen LogP) is 4.94. The normalized spacial score (nSPS) is 14.5. The Bertz CT molecular complexity index is 1210. The third-order valence-electron chi connectivity index (χ3n) is 6.19. The van der Waals surface area contributed by atoms with Crippen LogP contribution in [-0.4, -0.2) is 52.1 Å². The van der Waals surface area contributed by atoms with Gasteiger partial charge in [-0.1, -0.05) is 24.3 Å². The van der Waals surface area contributed by atoms with Crippen LogP contribution >= 0.6 is 11.3 Å². The van der Waals surface area contributed by atoms with Crippen LogP contribution in [0.3, 0.4) is 0 Å². The molecule has 0 spiro atoms. The zero-order valence-corrected chi connectivity index (χ0v) is 19.8. The molecule has 1 amide bonds. The summed E-state index contributed by atoms with van der Waals surface area (Å²) in [6, 6.07) is 14.6. The van der Waals surface area contributed by atoms with Crippen LogP contribution in [0, 0.1) is 11.6 Å². The van der Waals surface area contributed by atoms with Crippen LogP contribution < -0.4 is 0 Å². The number of amides is 1. The molecule has 1 aliphatic heterocycles. The van der Waals surface area contributed by atoms with Crippen LogP contribution in [0.4, 0.5) is 8.78 Å². The highest BCUT2D eigenvalue weighted by Crippen LogP contribution is 2.30. The van der Waals surface area contributed by atoms with Crippen molar-refractivity contribution in [3.8, 4) is 11.5 Å². The zero-order chi connectivity index (χ0) is 24.2. The summed E-state index contributed by atoms with van der Waals surface area (Å²) in [5.41, 5.74) is 2.74. The Kier molecular flexibility index (Phi) is 6.96. The number of halogens is 2. The van der Waals surface area contributed by atoms with E-state index >= 15 is 0 Å². The summed E-state index contributed by atoms with van der Waals surface area (Å²) in [6.07, 6.45) is 0.689. The van der Waals surface area contributed by atoms with Gasteiger partial charge in [0.1, 0.15) is 11.6 Å². The summed E-state index contributed by atoms with van der Waals surface area (Å²) in [5.74, 6) is 0.359. The smallest absolute Gasteiger partial charge is 0.248 e. The Hall–Kier alpha value is -3.43. The van der Waals surface area contributed by atoms with Crippen LogP contribution in [0.5, 0.6) is 0 Å². The minimum absolute atomic E-state index is 0.0417. The minimum atomic E-state index is -0.300. The molecule has 0 saturated carbocycles. The van der Waals surface area contributed by atoms with Gasteiger partial charge in [-0.15, -0.1) is 10.2 Å². The van der Waals surface area contributed by atoms with Crippen molar-refractivity contribution < 1.29 is 18.0 Å². The molecule has 1 fully saturated rings. The van der Waals surface area contributed by atoms with Crippen LogP contribution in [0.2, 0.25) is 0 Å². The van der Waals surface area contributed by atoms with Crippen molar-refractivity contribution >= 4 is 17.2 Å². The predicted molar refractivity (Wildman–Crippen MR) is 129 cm³/mol. The summed E-state index contributed by atoms with van der Waals surface area (Å²) in [5, 5.41) is 12.0. The van der Waals surface area contributed by atoms with Crippen molar-refractivity contribution in [3.05, 3.63) is 94.0 Å². The first kappa shape index (κ1) is 23.3. The lowest BCUT2D eigenvalue weighted by Crippen LogP contribution is -2.49. The SMILES string of the molecule is O=C(CCc1nnc(-c2ccsc2)o1)N1CCN(C(c2ccc(F)cc2)c2ccc(F)cc2)CC1. The van der Waals surface area contributed by atoms with Crippen molar-refractivity contribution in [2.45, 2.75) is 18.9 Å². The Morgan fingerprint density at radius 3 is 2.11 bits per heavy atom. The van der Waals surface area contributed by atoms with Gasteiger partial charge in [0.05, 0.1) is 6.04 Å². The summed E-state index contributed by atoms with van der Waals surface area (Å²) in [6.45, 7) is 2.44. The second kappa shape index (κ2) is 10.5. The number of carbonyl (C=O) groups excluding carboxylic acids is 1. The maximum Gasteiger partial charge on any atom is 0.248 e. The fourth-order valence-corrected chi connectivity index (χ4v) is 4.99. The molecule has 9 heteroatoms. The second-order valence-corrected chi connectivity index (χ2v) is 9.22. The average molecular weight is 495 g/mol. The Morgan fingerprint density at radius 2 is 1.54 bits per heavy atom. The van der Waals surface area contributed by atoms with Crippen LogP contribution in [-0.2, 0) is 11.2 Å². The fourth-order valence-electron chi connectivity index (χ4n) is 4.36. The molecule has 5 rings (SSSR count). The molecule has 2 aromatic carbocycles. The van der Waals surface area contributed by atoms with Crippen LogP contribution in [0.25, 0.3) is 11.5 Å². The number of thiophene rings is 1. The van der Waals surface area contributed by atoms with E-state index in [1.54, 1.807) is 35.6 Å². The molecule has 0 bridgehead atoms. The number of nitrogens with zero attached hydrogens (tertiary/aromatic N) is 4. The van der Waals surface area contributed by atoms with Gasteiger partial charge in [-0.2, -0.15) is 11.3 Å². The second-order valence-electron chi connectivity index (χ2n) is 8.44. The quantitative estimate of drug-likeness (QED) is 0.364. The molecule has 1 saturated heterocycles. The fraction of sp³-hybridized carbons (Fsp3) is 0.269. The van der Waals surface area contributed by atoms with Gasteiger partial charge in [0.15, 0.2) is 0 Å². The molecule has 2 aromatic heterocycles. The summed E-state index contributed by atoms with van der Waals surface area (Å²) in [4.78, 5) is 16.9. The number of benzene rings is 2. The highest BCUT2D eigenvalue weighted by molar-refractivity contribution is 7.08. The van der Waals surface area contributed by atoms with Crippen molar-refractivity contribution in [1.29, 1.82) is 0 Å². The van der Waals surface area contributed by atoms with E-state index in [0.717, 1.165) is 16.7 Å². The summed E-state index contributed by atoms with van der Waals surface area (Å²) < 4.78 is 32.7. The number of aromatic nitrogens is 2. The van der Waals surface area contributed by atoms with Gasteiger partial charge >= 0.3 is 0 Å². The lowest BCUT2D eigenvalue weighted by Gasteiger charge is -2.39. The van der Waals surface area contributed by atoms with E-state index in [-0.39, 0.29) is 23.6 Å². The molecule has 4 aromatic rings. The molecule has 35 heavy (non-hydrogen) atoms. The minimum Gasteiger partial charge on any atom is -0.421 e. The first-order valence-corrected chi connectivity index (χ1v) is 12.4. The highest BCUT2D eigenvalue weighted by atomic mass is 32.1. The molecular weight excluding hydrogens is 470 g/mol. The van der Waals surface area contributed by atoms with E-state index < -0.39 is 0 Å². The van der Waals surface area contributed by atoms with Crippen molar-refractivity contribution in [1.82, 2.24) is 20.0 Å². The van der Waals surface area contributed by atoms with E-state index in [4.69, 9.17) is 4.42 Å². The molecule has 0 unspecified atom stereocenters. The first-order valence-electron chi connectivity index (χ1n) is 11.4. The van der Waals surface area contributed by atoms with Gasteiger partial charge in [0.25, 0.3) is 0 Å². The average Bonchev–Trinajstić information content (AvgIpc) is 3.58. The first-order chi connectivity index (χ1) is 17.1. The van der Waals surface area contributed by atoms with E-state index in [2.05, 4.69) is 15.1 Å². The van der Waals surface area contributed by atoms with Gasteiger partial charge in [-0.05, 0) is 46.8 Å². The number of hydrogen-bond acceptors (Lipinski definition) is 6. The molecule has 0 atom stereocenters. The standard InChI is InChI=1S/C26H24F2N4O2S/c27-21-5-1-18(2-6-21)25(19-3-7-22(28)8-4-19)32-14-12-31(13-15-32)24(33)10-9-23-29-30-26(34-23)20-11-16-35-17-20/h1-8,11,16-17,25H,9-10,12-15H2. The molecule has 0 N–H and O–H groups in total. The maximum atomic E-state index is 13.5. The topological polar surface area (TPSA) is 62.5 Å². The van der Waals surface area contributed by atoms with Crippen LogP contribution in [0.15, 0.2) is 69.8 Å². The molecule has 180 valence electrons. The van der Waals surface area contributed by atoms with Gasteiger partial charge in [0, 0.05) is 50.0 Å². The molecule has 0 radical (unpaired) electrons. The van der Waals surface area contributed by atoms with Gasteiger partial charge in [-0.3, -0.25) is 9.69 Å². The molecule has 1 aliphatic rings. The summed E-state index contributed by atoms with van der Waals surface area (Å²) in [7, 11) is 0. The maximum absolute atomic E-state index is 13.5. The number of carbonyl (C=O) groups is 1. The summed E-state index contributed by atoms with van der Waals surface area (Å²) >= 11 is 1.56. The van der Waals surface area contributed by atoms with Crippen molar-refractivity contribution in [2.75, 3.05) is 26.2 Å². The van der Waals surface area contributed by atoms with Gasteiger partial charge in [-0.25, -0.2) is 8.78 Å². The number of piperazine rings is 1. The van der Waals surface area contributed by atoms with Crippen molar-refractivity contribution in [2.24, 2.45) is 0 Å². The molecule has 6 nitrogen and oxygen atoms in total. The Morgan fingerprint density at radius 1 is 0.914 bits per heavy atom. The Balaban J connectivity index is 1.21. The highest BCUT2D eigenvalue weighted by Gasteiger charge is 2.28. The lowest BCUT2D eigenvalue weighted by molar-refractivity contribution is -0.133. The van der Waals surface area contributed by atoms with Crippen molar-refractivity contribution in [3.63, 3.8) is 0 Å². The van der Waals surface area contributed by atoms with Gasteiger partial charge < -0.3 is 9.32 Å². The Labute approximate surface area is 205 Å². The van der Waals surface area contributed by atoms with E-state index in [9.17, 15) is 13.6 Å². The van der Waals surface area contributed by atoms with Crippen LogP contribution in [0.1, 0.15) is 29.5 Å². The number of hydrogen-bond donors (Lipinski definition) is 0. The largest absolute Gasteiger partial charge is 0.421 e. The third kappa shape index (κ3) is 5.47. The lowest BCUT2D eigenvalue weighted by atomic mass is 9.96. The van der Waals surface area contributed by atoms with E-state index in [1.165, 1.54) is 24.3 Å². The number of rotatable bonds is 7. The molecular formula is C26H24F2N4O2S. The zero-order valence-electron chi connectivity index (χ0n) is 18.9. The van der Waals surface area contributed by atoms with Gasteiger partial charge in [0.2, 0.25) is 17.7 Å². The number of aryl methyl sites for hydroxylation is 1. The molecule has 3 heterocycles. The van der Waals surface area contributed by atoms with E-state index in [1.807, 2.05) is 21.7 Å². The third-order valence-corrected chi connectivity index (χ3v) is 6.87. The monoisotopic (exact) mass is 494 g/mol.